The Morgan fingerprint density at radius 3 is 2.19 bits per heavy atom. The van der Waals surface area contributed by atoms with Crippen LogP contribution in [0.3, 0.4) is 0 Å². The van der Waals surface area contributed by atoms with Gasteiger partial charge in [-0.15, -0.1) is 0 Å². The first-order chi connectivity index (χ1) is 14.8. The Balaban J connectivity index is 1.89. The average Bonchev–Trinajstić information content (AvgIpc) is 2.77. The summed E-state index contributed by atoms with van der Waals surface area (Å²) >= 11 is 0. The quantitative estimate of drug-likeness (QED) is 0.519. The summed E-state index contributed by atoms with van der Waals surface area (Å²) in [6.07, 6.45) is -4.50. The number of carbonyl (C=O) groups excluding carboxylic acids is 1. The molecule has 5 nitrogen and oxygen atoms in total. The molecule has 31 heavy (non-hydrogen) atoms. The van der Waals surface area contributed by atoms with Crippen LogP contribution in [-0.2, 0) is 11.0 Å². The van der Waals surface area contributed by atoms with Gasteiger partial charge in [0.25, 0.3) is 5.91 Å². The highest BCUT2D eigenvalue weighted by Gasteiger charge is 2.31. The van der Waals surface area contributed by atoms with E-state index in [-0.39, 0.29) is 5.69 Å². The second-order valence-corrected chi connectivity index (χ2v) is 6.63. The lowest BCUT2D eigenvalue weighted by atomic mass is 10.1. The Morgan fingerprint density at radius 2 is 1.55 bits per heavy atom. The first-order valence-electron chi connectivity index (χ1n) is 9.33. The molecule has 0 aliphatic heterocycles. The molecule has 0 bridgehead atoms. The second kappa shape index (κ2) is 9.42. The molecule has 0 saturated heterocycles. The van der Waals surface area contributed by atoms with E-state index < -0.39 is 23.7 Å². The van der Waals surface area contributed by atoms with Crippen molar-refractivity contribution in [1.82, 2.24) is 0 Å². The van der Waals surface area contributed by atoms with Gasteiger partial charge in [-0.2, -0.15) is 13.2 Å². The number of hydrogen-bond acceptors (Lipinski definition) is 4. The molecule has 8 heteroatoms. The zero-order chi connectivity index (χ0) is 22.4. The number of carbonyl (C=O) groups is 1. The predicted octanol–water partition coefficient (Wildman–Crippen LogP) is 5.51. The maximum atomic E-state index is 13.0. The van der Waals surface area contributed by atoms with E-state index in [0.29, 0.717) is 22.7 Å². The predicted molar refractivity (Wildman–Crippen MR) is 112 cm³/mol. The maximum absolute atomic E-state index is 13.0. The lowest BCUT2D eigenvalue weighted by Crippen LogP contribution is -2.27. The van der Waals surface area contributed by atoms with Crippen LogP contribution in [0, 0.1) is 0 Å². The second-order valence-electron chi connectivity index (χ2n) is 6.63. The van der Waals surface area contributed by atoms with Crippen molar-refractivity contribution in [3.8, 4) is 11.5 Å². The SMILES string of the molecule is COc1ccc(NC(C(=O)Nc2cccc(C(F)(F)F)c2)c2ccccc2)cc1OC. The molecule has 3 aromatic rings. The molecule has 0 fully saturated rings. The Kier molecular flexibility index (Phi) is 6.69. The monoisotopic (exact) mass is 430 g/mol. The van der Waals surface area contributed by atoms with Gasteiger partial charge >= 0.3 is 6.18 Å². The van der Waals surface area contributed by atoms with Crippen LogP contribution in [0.2, 0.25) is 0 Å². The fourth-order valence-corrected chi connectivity index (χ4v) is 3.03. The summed E-state index contributed by atoms with van der Waals surface area (Å²) < 4.78 is 49.5. The highest BCUT2D eigenvalue weighted by atomic mass is 19.4. The van der Waals surface area contributed by atoms with Gasteiger partial charge in [0.05, 0.1) is 19.8 Å². The molecule has 162 valence electrons. The Bertz CT molecular complexity index is 1040. The van der Waals surface area contributed by atoms with Crippen LogP contribution in [0.15, 0.2) is 72.8 Å². The summed E-state index contributed by atoms with van der Waals surface area (Å²) in [6, 6.07) is 17.6. The van der Waals surface area contributed by atoms with E-state index in [1.807, 2.05) is 6.07 Å². The zero-order valence-corrected chi connectivity index (χ0v) is 16.9. The maximum Gasteiger partial charge on any atom is 0.416 e. The zero-order valence-electron chi connectivity index (χ0n) is 16.9. The number of hydrogen-bond donors (Lipinski definition) is 2. The van der Waals surface area contributed by atoms with Crippen molar-refractivity contribution in [3.63, 3.8) is 0 Å². The van der Waals surface area contributed by atoms with Gasteiger partial charge in [-0.1, -0.05) is 36.4 Å². The molecular formula is C23H21F3N2O3. The molecule has 0 aliphatic rings. The van der Waals surface area contributed by atoms with Crippen molar-refractivity contribution >= 4 is 17.3 Å². The fourth-order valence-electron chi connectivity index (χ4n) is 3.03. The molecule has 1 atom stereocenters. The number of anilines is 2. The third-order valence-corrected chi connectivity index (χ3v) is 4.55. The Morgan fingerprint density at radius 1 is 0.839 bits per heavy atom. The summed E-state index contributed by atoms with van der Waals surface area (Å²) in [5.41, 5.74) is 0.428. The van der Waals surface area contributed by atoms with Gasteiger partial charge in [0, 0.05) is 17.4 Å². The standard InChI is InChI=1S/C23H21F3N2O3/c1-30-19-12-11-18(14-20(19)31-2)27-21(15-7-4-3-5-8-15)22(29)28-17-10-6-9-16(13-17)23(24,25)26/h3-14,21,27H,1-2H3,(H,28,29). The van der Waals surface area contributed by atoms with Crippen molar-refractivity contribution in [3.05, 3.63) is 83.9 Å². The van der Waals surface area contributed by atoms with Gasteiger partial charge in [0.1, 0.15) is 6.04 Å². The van der Waals surface area contributed by atoms with Crippen molar-refractivity contribution in [1.29, 1.82) is 0 Å². The first-order valence-corrected chi connectivity index (χ1v) is 9.33. The van der Waals surface area contributed by atoms with Crippen molar-refractivity contribution in [2.75, 3.05) is 24.9 Å². The Labute approximate surface area is 177 Å². The smallest absolute Gasteiger partial charge is 0.416 e. The van der Waals surface area contributed by atoms with E-state index in [4.69, 9.17) is 9.47 Å². The molecule has 0 heterocycles. The molecule has 3 rings (SSSR count). The van der Waals surface area contributed by atoms with Crippen molar-refractivity contribution < 1.29 is 27.4 Å². The summed E-state index contributed by atoms with van der Waals surface area (Å²) in [5.74, 6) is 0.482. The molecule has 0 saturated carbocycles. The molecule has 0 spiro atoms. The van der Waals surface area contributed by atoms with Crippen LogP contribution in [0.5, 0.6) is 11.5 Å². The normalized spacial score (nSPS) is 12.0. The van der Waals surface area contributed by atoms with Crippen molar-refractivity contribution in [2.45, 2.75) is 12.2 Å². The lowest BCUT2D eigenvalue weighted by Gasteiger charge is -2.21. The number of ether oxygens (including phenoxy) is 2. The van der Waals surface area contributed by atoms with E-state index in [1.165, 1.54) is 26.4 Å². The highest BCUT2D eigenvalue weighted by Crippen LogP contribution is 2.33. The minimum atomic E-state index is -4.50. The number of methoxy groups -OCH3 is 2. The summed E-state index contributed by atoms with van der Waals surface area (Å²) in [4.78, 5) is 13.0. The average molecular weight is 430 g/mol. The van der Waals surface area contributed by atoms with Crippen LogP contribution >= 0.6 is 0 Å². The fraction of sp³-hybridized carbons (Fsp3) is 0.174. The number of rotatable bonds is 7. The van der Waals surface area contributed by atoms with Gasteiger partial charge in [0.2, 0.25) is 0 Å². The largest absolute Gasteiger partial charge is 0.493 e. The van der Waals surface area contributed by atoms with E-state index >= 15 is 0 Å². The molecule has 0 aliphatic carbocycles. The minimum Gasteiger partial charge on any atom is -0.493 e. The molecule has 3 aromatic carbocycles. The third-order valence-electron chi connectivity index (χ3n) is 4.55. The molecule has 0 radical (unpaired) electrons. The third kappa shape index (κ3) is 5.48. The molecule has 1 unspecified atom stereocenters. The number of amides is 1. The van der Waals surface area contributed by atoms with Gasteiger partial charge in [-0.05, 0) is 35.9 Å². The van der Waals surface area contributed by atoms with E-state index in [9.17, 15) is 18.0 Å². The molecule has 1 amide bonds. The first kappa shape index (κ1) is 22.0. The summed E-state index contributed by atoms with van der Waals surface area (Å²) in [7, 11) is 3.01. The van der Waals surface area contributed by atoms with Crippen LogP contribution in [0.4, 0.5) is 24.5 Å². The lowest BCUT2D eigenvalue weighted by molar-refractivity contribution is -0.137. The Hall–Kier alpha value is -3.68. The van der Waals surface area contributed by atoms with Crippen LogP contribution < -0.4 is 20.1 Å². The van der Waals surface area contributed by atoms with E-state index in [1.54, 1.807) is 42.5 Å². The number of alkyl halides is 3. The van der Waals surface area contributed by atoms with Gasteiger partial charge in [0.15, 0.2) is 11.5 Å². The number of nitrogens with one attached hydrogen (secondary N) is 2. The molecule has 2 N–H and O–H groups in total. The van der Waals surface area contributed by atoms with E-state index in [0.717, 1.165) is 12.1 Å². The van der Waals surface area contributed by atoms with Crippen LogP contribution in [0.1, 0.15) is 17.2 Å². The molecular weight excluding hydrogens is 409 g/mol. The van der Waals surface area contributed by atoms with Gasteiger partial charge in [-0.3, -0.25) is 4.79 Å². The van der Waals surface area contributed by atoms with Crippen LogP contribution in [-0.4, -0.2) is 20.1 Å². The van der Waals surface area contributed by atoms with Crippen molar-refractivity contribution in [2.24, 2.45) is 0 Å². The summed E-state index contributed by atoms with van der Waals surface area (Å²) in [6.45, 7) is 0. The number of halogens is 3. The van der Waals surface area contributed by atoms with Gasteiger partial charge < -0.3 is 20.1 Å². The number of benzene rings is 3. The van der Waals surface area contributed by atoms with Gasteiger partial charge in [-0.25, -0.2) is 0 Å². The minimum absolute atomic E-state index is 0.0508. The topological polar surface area (TPSA) is 59.6 Å². The molecule has 0 aromatic heterocycles. The van der Waals surface area contributed by atoms with Crippen LogP contribution in [0.25, 0.3) is 0 Å². The summed E-state index contributed by atoms with van der Waals surface area (Å²) in [5, 5.41) is 5.68. The van der Waals surface area contributed by atoms with E-state index in [2.05, 4.69) is 10.6 Å². The highest BCUT2D eigenvalue weighted by molar-refractivity contribution is 5.97.